The Bertz CT molecular complexity index is 1290. The van der Waals surface area contributed by atoms with Crippen molar-refractivity contribution in [3.05, 3.63) is 92.1 Å². The number of ketones is 2. The summed E-state index contributed by atoms with van der Waals surface area (Å²) in [7, 11) is -4.09. The Morgan fingerprint density at radius 1 is 1.10 bits per heavy atom. The lowest BCUT2D eigenvalue weighted by Gasteiger charge is -2.29. The zero-order chi connectivity index (χ0) is 22.2. The number of nitrogens with zero attached hydrogens (tertiary/aromatic N) is 1. The highest BCUT2D eigenvalue weighted by Gasteiger charge is 2.41. The predicted octanol–water partition coefficient (Wildman–Crippen LogP) is 5.09. The van der Waals surface area contributed by atoms with Gasteiger partial charge in [0.1, 0.15) is 4.88 Å². The Hall–Kier alpha value is -2.94. The van der Waals surface area contributed by atoms with Gasteiger partial charge >= 0.3 is 0 Å². The van der Waals surface area contributed by atoms with Gasteiger partial charge < -0.3 is 5.32 Å². The first-order valence-corrected chi connectivity index (χ1v) is 11.9. The molecule has 6 nitrogen and oxygen atoms in total. The molecule has 0 atom stereocenters. The Morgan fingerprint density at radius 3 is 2.42 bits per heavy atom. The lowest BCUT2D eigenvalue weighted by Crippen LogP contribution is -2.38. The van der Waals surface area contributed by atoms with E-state index in [4.69, 9.17) is 11.6 Å². The fraction of sp³-hybridized carbons (Fsp3) is 0.0909. The molecule has 0 aliphatic carbocycles. The molecule has 0 fully saturated rings. The third kappa shape index (κ3) is 4.14. The summed E-state index contributed by atoms with van der Waals surface area (Å²) in [6.45, 7) is 1.53. The largest absolute Gasteiger partial charge is 0.360 e. The van der Waals surface area contributed by atoms with Crippen LogP contribution in [-0.4, -0.2) is 20.0 Å². The molecule has 31 heavy (non-hydrogen) atoms. The van der Waals surface area contributed by atoms with E-state index in [0.29, 0.717) is 26.8 Å². The Labute approximate surface area is 188 Å². The lowest BCUT2D eigenvalue weighted by molar-refractivity contribution is 0.101. The van der Waals surface area contributed by atoms with Crippen LogP contribution in [0.3, 0.4) is 0 Å². The average Bonchev–Trinajstić information content (AvgIpc) is 3.22. The Morgan fingerprint density at radius 2 is 1.77 bits per heavy atom. The van der Waals surface area contributed by atoms with E-state index in [1.165, 1.54) is 28.8 Å². The second-order valence-electron chi connectivity index (χ2n) is 6.89. The first-order valence-electron chi connectivity index (χ1n) is 9.24. The van der Waals surface area contributed by atoms with Gasteiger partial charge in [0.25, 0.3) is 10.0 Å². The van der Waals surface area contributed by atoms with Crippen molar-refractivity contribution < 1.29 is 18.0 Å². The number of fused-ring (bicyclic) bond motifs is 1. The van der Waals surface area contributed by atoms with Gasteiger partial charge in [0.05, 0.1) is 12.2 Å². The van der Waals surface area contributed by atoms with Crippen LogP contribution in [0.15, 0.2) is 71.1 Å². The van der Waals surface area contributed by atoms with E-state index in [0.717, 1.165) is 5.56 Å². The van der Waals surface area contributed by atoms with Gasteiger partial charge in [0.15, 0.2) is 10.7 Å². The molecular weight excluding hydrogens is 456 g/mol. The molecule has 2 heterocycles. The number of thiophene rings is 1. The molecule has 3 aromatic rings. The quantitative estimate of drug-likeness (QED) is 0.413. The molecule has 9 heteroatoms. The highest BCUT2D eigenvalue weighted by molar-refractivity contribution is 7.97. The van der Waals surface area contributed by atoms with Crippen molar-refractivity contribution >= 4 is 55.9 Å². The Balaban J connectivity index is 1.69. The maximum absolute atomic E-state index is 13.4. The van der Waals surface area contributed by atoms with Gasteiger partial charge in [-0.25, -0.2) is 8.42 Å². The zero-order valence-electron chi connectivity index (χ0n) is 16.3. The minimum absolute atomic E-state index is 0.0706. The van der Waals surface area contributed by atoms with E-state index >= 15 is 0 Å². The van der Waals surface area contributed by atoms with Crippen LogP contribution < -0.4 is 9.62 Å². The molecule has 0 radical (unpaired) electrons. The van der Waals surface area contributed by atoms with Crippen LogP contribution in [0.2, 0.25) is 5.02 Å². The molecule has 1 aliphatic rings. The number of allylic oxidation sites excluding steroid dienone is 1. The summed E-state index contributed by atoms with van der Waals surface area (Å²) in [5.41, 5.74) is 2.21. The van der Waals surface area contributed by atoms with Crippen molar-refractivity contribution in [3.8, 4) is 0 Å². The van der Waals surface area contributed by atoms with Gasteiger partial charge in [0, 0.05) is 22.5 Å². The molecule has 0 bridgehead atoms. The van der Waals surface area contributed by atoms with Crippen LogP contribution in [0.4, 0.5) is 11.4 Å². The molecule has 1 aromatic heterocycles. The van der Waals surface area contributed by atoms with Crippen LogP contribution in [0.25, 0.3) is 0 Å². The number of halogens is 1. The second kappa shape index (κ2) is 8.30. The van der Waals surface area contributed by atoms with E-state index in [1.54, 1.807) is 60.0 Å². The summed E-state index contributed by atoms with van der Waals surface area (Å²) in [4.78, 5) is 24.4. The number of anilines is 2. The van der Waals surface area contributed by atoms with Crippen molar-refractivity contribution in [1.82, 2.24) is 0 Å². The van der Waals surface area contributed by atoms with Crippen LogP contribution in [0, 0.1) is 0 Å². The van der Waals surface area contributed by atoms with Crippen LogP contribution in [0.5, 0.6) is 0 Å². The smallest absolute Gasteiger partial charge is 0.270 e. The van der Waals surface area contributed by atoms with Gasteiger partial charge in [-0.1, -0.05) is 23.7 Å². The van der Waals surface area contributed by atoms with Gasteiger partial charge in [-0.15, -0.1) is 11.3 Å². The normalized spacial score (nSPS) is 16.3. The van der Waals surface area contributed by atoms with E-state index in [1.807, 2.05) is 0 Å². The Kier molecular flexibility index (Phi) is 5.70. The highest BCUT2D eigenvalue weighted by atomic mass is 35.5. The summed E-state index contributed by atoms with van der Waals surface area (Å²) in [6.07, 6.45) is 1.21. The first kappa shape index (κ1) is 21.3. The van der Waals surface area contributed by atoms with Gasteiger partial charge in [-0.3, -0.25) is 13.9 Å². The standard InChI is InChI=1S/C22H17ClN2O4S2/c1-14(26)16-4-8-18(9-5-16)24-12-20-21(27)22-19(10-11-30-22)25(31(20,28)29)13-15-2-6-17(23)7-3-15/h2-12,24H,13H2,1H3/b20-12-. The number of hydrogen-bond acceptors (Lipinski definition) is 6. The predicted molar refractivity (Wildman–Crippen MR) is 123 cm³/mol. The SMILES string of the molecule is CC(=O)c1ccc(N/C=C2/C(=O)c3sccc3N(Cc3ccc(Cl)cc3)S2(=O)=O)cc1. The molecule has 0 amide bonds. The molecule has 0 unspecified atom stereocenters. The summed E-state index contributed by atoms with van der Waals surface area (Å²) in [6, 6.07) is 15.1. The topological polar surface area (TPSA) is 83.6 Å². The number of hydrogen-bond donors (Lipinski definition) is 1. The summed E-state index contributed by atoms with van der Waals surface area (Å²) >= 11 is 7.13. The fourth-order valence-corrected chi connectivity index (χ4v) is 5.77. The molecule has 1 N–H and O–H groups in total. The monoisotopic (exact) mass is 472 g/mol. The third-order valence-electron chi connectivity index (χ3n) is 4.81. The fourth-order valence-electron chi connectivity index (χ4n) is 3.16. The van der Waals surface area contributed by atoms with Crippen molar-refractivity contribution in [3.63, 3.8) is 0 Å². The van der Waals surface area contributed by atoms with Crippen LogP contribution in [-0.2, 0) is 16.6 Å². The van der Waals surface area contributed by atoms with E-state index in [9.17, 15) is 18.0 Å². The summed E-state index contributed by atoms with van der Waals surface area (Å²) < 4.78 is 27.9. The number of sulfonamides is 1. The number of Topliss-reactive ketones (excluding diaryl/α,β-unsaturated/α-hetero) is 2. The molecular formula is C22H17ClN2O4S2. The maximum atomic E-state index is 13.4. The van der Waals surface area contributed by atoms with E-state index < -0.39 is 15.8 Å². The number of nitrogens with one attached hydrogen (secondary N) is 1. The highest BCUT2D eigenvalue weighted by Crippen LogP contribution is 2.39. The molecule has 2 aromatic carbocycles. The van der Waals surface area contributed by atoms with Crippen molar-refractivity contribution in [2.75, 3.05) is 9.62 Å². The molecule has 0 saturated heterocycles. The van der Waals surface area contributed by atoms with Crippen LogP contribution >= 0.6 is 22.9 Å². The van der Waals surface area contributed by atoms with Crippen LogP contribution in [0.1, 0.15) is 32.5 Å². The molecule has 1 aliphatic heterocycles. The minimum atomic E-state index is -4.09. The van der Waals surface area contributed by atoms with E-state index in [-0.39, 0.29) is 17.2 Å². The van der Waals surface area contributed by atoms with Crippen molar-refractivity contribution in [2.45, 2.75) is 13.5 Å². The second-order valence-corrected chi connectivity index (χ2v) is 10.1. The molecule has 0 spiro atoms. The van der Waals surface area contributed by atoms with Crippen molar-refractivity contribution in [1.29, 1.82) is 0 Å². The van der Waals surface area contributed by atoms with Gasteiger partial charge in [-0.05, 0) is 60.3 Å². The number of benzene rings is 2. The molecule has 158 valence electrons. The molecule has 0 saturated carbocycles. The van der Waals surface area contributed by atoms with E-state index in [2.05, 4.69) is 5.32 Å². The lowest BCUT2D eigenvalue weighted by atomic mass is 10.1. The number of carbonyl (C=O) groups excluding carboxylic acids is 2. The van der Waals surface area contributed by atoms with Crippen molar-refractivity contribution in [2.24, 2.45) is 0 Å². The summed E-state index contributed by atoms with van der Waals surface area (Å²) in [5.74, 6) is -0.622. The third-order valence-corrected chi connectivity index (χ3v) is 7.73. The van der Waals surface area contributed by atoms with Gasteiger partial charge in [-0.2, -0.15) is 0 Å². The number of rotatable bonds is 5. The minimum Gasteiger partial charge on any atom is -0.360 e. The summed E-state index contributed by atoms with van der Waals surface area (Å²) in [5, 5.41) is 5.12. The average molecular weight is 473 g/mol. The van der Waals surface area contributed by atoms with Gasteiger partial charge in [0.2, 0.25) is 5.78 Å². The zero-order valence-corrected chi connectivity index (χ0v) is 18.7. The molecule has 4 rings (SSSR count). The maximum Gasteiger partial charge on any atom is 0.270 e. The number of carbonyl (C=O) groups is 2. The first-order chi connectivity index (χ1) is 14.8.